The molecule has 2 N–H and O–H groups in total. The lowest BCUT2D eigenvalue weighted by Gasteiger charge is -2.12. The van der Waals surface area contributed by atoms with Crippen LogP contribution in [0.15, 0.2) is 54.6 Å². The van der Waals surface area contributed by atoms with E-state index in [2.05, 4.69) is 5.32 Å². The van der Waals surface area contributed by atoms with Crippen molar-refractivity contribution >= 4 is 11.6 Å². The number of carbonyl (C=O) groups excluding carboxylic acids is 1. The van der Waals surface area contributed by atoms with Gasteiger partial charge in [0, 0.05) is 5.69 Å². The van der Waals surface area contributed by atoms with Crippen LogP contribution in [0, 0.1) is 0 Å². The number of hydrogen-bond donors (Lipinski definition) is 2. The molecular weight excluding hydrogens is 307 g/mol. The van der Waals surface area contributed by atoms with Crippen LogP contribution < -0.4 is 5.32 Å². The fourth-order valence-electron chi connectivity index (χ4n) is 2.12. The van der Waals surface area contributed by atoms with Gasteiger partial charge in [-0.2, -0.15) is 13.2 Å². The van der Waals surface area contributed by atoms with Crippen LogP contribution in [0.2, 0.25) is 0 Å². The number of nitrogens with one attached hydrogen (secondary N) is 1. The molecule has 1 amide bonds. The molecule has 0 spiro atoms. The number of hydrogen-bond acceptors (Lipinski definition) is 2. The summed E-state index contributed by atoms with van der Waals surface area (Å²) < 4.78 is 36.8. The van der Waals surface area contributed by atoms with Crippen molar-refractivity contribution in [1.29, 1.82) is 0 Å². The summed E-state index contributed by atoms with van der Waals surface area (Å²) in [7, 11) is 0. The molecule has 0 aliphatic rings. The Morgan fingerprint density at radius 2 is 1.65 bits per heavy atom. The van der Waals surface area contributed by atoms with Crippen molar-refractivity contribution in [2.24, 2.45) is 0 Å². The number of aliphatic hydroxyl groups excluding tert-OH is 1. The number of anilines is 1. The van der Waals surface area contributed by atoms with E-state index in [0.717, 1.165) is 0 Å². The molecule has 0 saturated carbocycles. The Kier molecular flexibility index (Phi) is 5.39. The third-order valence-corrected chi connectivity index (χ3v) is 3.21. The van der Waals surface area contributed by atoms with E-state index < -0.39 is 24.6 Å². The van der Waals surface area contributed by atoms with E-state index in [1.165, 1.54) is 24.3 Å². The van der Waals surface area contributed by atoms with Crippen molar-refractivity contribution in [3.8, 4) is 0 Å². The number of amides is 1. The van der Waals surface area contributed by atoms with Crippen LogP contribution in [0.25, 0.3) is 0 Å². The van der Waals surface area contributed by atoms with Crippen molar-refractivity contribution in [3.05, 3.63) is 65.7 Å². The second-order valence-electron chi connectivity index (χ2n) is 5.17. The molecule has 0 aliphatic carbocycles. The SMILES string of the molecule is O=C(CC(O)c1ccccc1)Nc1ccc(CC(F)(F)F)cc1. The maximum atomic E-state index is 12.3. The van der Waals surface area contributed by atoms with Gasteiger partial charge in [0.15, 0.2) is 0 Å². The highest BCUT2D eigenvalue weighted by Gasteiger charge is 2.27. The van der Waals surface area contributed by atoms with Crippen molar-refractivity contribution in [1.82, 2.24) is 0 Å². The minimum Gasteiger partial charge on any atom is -0.388 e. The van der Waals surface area contributed by atoms with Gasteiger partial charge in [0.2, 0.25) is 5.91 Å². The molecule has 23 heavy (non-hydrogen) atoms. The molecule has 3 nitrogen and oxygen atoms in total. The predicted molar refractivity (Wildman–Crippen MR) is 80.8 cm³/mol. The highest BCUT2D eigenvalue weighted by atomic mass is 19.4. The zero-order valence-electron chi connectivity index (χ0n) is 12.2. The van der Waals surface area contributed by atoms with E-state index in [0.29, 0.717) is 11.3 Å². The van der Waals surface area contributed by atoms with E-state index in [9.17, 15) is 23.1 Å². The number of carbonyl (C=O) groups is 1. The summed E-state index contributed by atoms with van der Waals surface area (Å²) in [5, 5.41) is 12.5. The van der Waals surface area contributed by atoms with Crippen LogP contribution in [-0.4, -0.2) is 17.2 Å². The quantitative estimate of drug-likeness (QED) is 0.878. The maximum Gasteiger partial charge on any atom is 0.393 e. The van der Waals surface area contributed by atoms with Gasteiger partial charge < -0.3 is 10.4 Å². The van der Waals surface area contributed by atoms with E-state index in [1.54, 1.807) is 30.3 Å². The number of rotatable bonds is 5. The Bertz CT molecular complexity index is 639. The molecule has 0 bridgehead atoms. The average Bonchev–Trinajstić information content (AvgIpc) is 2.48. The molecule has 0 aromatic heterocycles. The van der Waals surface area contributed by atoms with Crippen LogP contribution in [-0.2, 0) is 11.2 Å². The van der Waals surface area contributed by atoms with Crippen LogP contribution in [0.5, 0.6) is 0 Å². The summed E-state index contributed by atoms with van der Waals surface area (Å²) in [6.45, 7) is 0. The highest BCUT2D eigenvalue weighted by molar-refractivity contribution is 5.91. The Labute approximate surface area is 131 Å². The molecular formula is C17H16F3NO2. The molecule has 2 aromatic rings. The fraction of sp³-hybridized carbons (Fsp3) is 0.235. The van der Waals surface area contributed by atoms with E-state index >= 15 is 0 Å². The summed E-state index contributed by atoms with van der Waals surface area (Å²) in [6, 6.07) is 14.2. The van der Waals surface area contributed by atoms with Gasteiger partial charge in [-0.25, -0.2) is 0 Å². The van der Waals surface area contributed by atoms with Gasteiger partial charge in [0.25, 0.3) is 0 Å². The van der Waals surface area contributed by atoms with E-state index in [-0.39, 0.29) is 12.0 Å². The van der Waals surface area contributed by atoms with Gasteiger partial charge in [-0.15, -0.1) is 0 Å². The molecule has 2 rings (SSSR count). The van der Waals surface area contributed by atoms with Crippen LogP contribution in [0.4, 0.5) is 18.9 Å². The van der Waals surface area contributed by atoms with Crippen molar-refractivity contribution in [3.63, 3.8) is 0 Å². The number of aliphatic hydroxyl groups is 1. The van der Waals surface area contributed by atoms with Gasteiger partial charge in [-0.1, -0.05) is 42.5 Å². The first kappa shape index (κ1) is 17.0. The van der Waals surface area contributed by atoms with E-state index in [1.807, 2.05) is 0 Å². The van der Waals surface area contributed by atoms with Crippen molar-refractivity contribution in [2.45, 2.75) is 25.1 Å². The molecule has 1 unspecified atom stereocenters. The van der Waals surface area contributed by atoms with Gasteiger partial charge in [0.1, 0.15) is 0 Å². The first-order valence-electron chi connectivity index (χ1n) is 7.02. The van der Waals surface area contributed by atoms with Gasteiger partial charge in [-0.05, 0) is 23.3 Å². The second-order valence-corrected chi connectivity index (χ2v) is 5.17. The summed E-state index contributed by atoms with van der Waals surface area (Å²) in [5.74, 6) is -0.412. The first-order valence-corrected chi connectivity index (χ1v) is 7.02. The Morgan fingerprint density at radius 3 is 2.22 bits per heavy atom. The zero-order valence-corrected chi connectivity index (χ0v) is 12.2. The lowest BCUT2D eigenvalue weighted by Crippen LogP contribution is -2.15. The fourth-order valence-corrected chi connectivity index (χ4v) is 2.12. The van der Waals surface area contributed by atoms with Crippen molar-refractivity contribution in [2.75, 3.05) is 5.32 Å². The minimum atomic E-state index is -4.26. The zero-order chi connectivity index (χ0) is 16.9. The average molecular weight is 323 g/mol. The van der Waals surface area contributed by atoms with Crippen molar-refractivity contribution < 1.29 is 23.1 Å². The summed E-state index contributed by atoms with van der Waals surface area (Å²) in [4.78, 5) is 11.9. The molecule has 0 fully saturated rings. The van der Waals surface area contributed by atoms with Crippen LogP contribution in [0.1, 0.15) is 23.7 Å². The molecule has 0 radical (unpaired) electrons. The normalized spacial score (nSPS) is 12.7. The number of alkyl halides is 3. The molecule has 0 heterocycles. The largest absolute Gasteiger partial charge is 0.393 e. The van der Waals surface area contributed by atoms with Gasteiger partial charge in [-0.3, -0.25) is 4.79 Å². The highest BCUT2D eigenvalue weighted by Crippen LogP contribution is 2.22. The van der Waals surface area contributed by atoms with Crippen LogP contribution in [0.3, 0.4) is 0 Å². The lowest BCUT2D eigenvalue weighted by atomic mass is 10.1. The predicted octanol–water partition coefficient (Wildman–Crippen LogP) is 3.85. The molecule has 0 aliphatic heterocycles. The number of benzene rings is 2. The molecule has 2 aromatic carbocycles. The molecule has 122 valence electrons. The summed E-state index contributed by atoms with van der Waals surface area (Å²) in [5.41, 5.74) is 1.14. The first-order chi connectivity index (χ1) is 10.8. The van der Waals surface area contributed by atoms with E-state index in [4.69, 9.17) is 0 Å². The molecule has 0 saturated heterocycles. The minimum absolute atomic E-state index is 0.125. The monoisotopic (exact) mass is 323 g/mol. The Morgan fingerprint density at radius 1 is 1.04 bits per heavy atom. The lowest BCUT2D eigenvalue weighted by molar-refractivity contribution is -0.127. The summed E-state index contributed by atoms with van der Waals surface area (Å²) in [6.07, 6.45) is -6.33. The Balaban J connectivity index is 1.90. The van der Waals surface area contributed by atoms with Gasteiger partial charge >= 0.3 is 6.18 Å². The molecule has 6 heteroatoms. The number of halogens is 3. The second kappa shape index (κ2) is 7.28. The maximum absolute atomic E-state index is 12.3. The third kappa shape index (κ3) is 5.75. The van der Waals surface area contributed by atoms with Crippen LogP contribution >= 0.6 is 0 Å². The Hall–Kier alpha value is -2.34. The molecule has 1 atom stereocenters. The standard InChI is InChI=1S/C17H16F3NO2/c18-17(19,20)11-12-6-8-14(9-7-12)21-16(23)10-15(22)13-4-2-1-3-5-13/h1-9,15,22H,10-11H2,(H,21,23). The summed E-state index contributed by atoms with van der Waals surface area (Å²) >= 11 is 0. The third-order valence-electron chi connectivity index (χ3n) is 3.21. The van der Waals surface area contributed by atoms with Gasteiger partial charge in [0.05, 0.1) is 18.9 Å². The smallest absolute Gasteiger partial charge is 0.388 e. The topological polar surface area (TPSA) is 49.3 Å².